The molecule has 0 heterocycles. The number of methoxy groups -OCH3 is 1. The lowest BCUT2D eigenvalue weighted by atomic mass is 10.2. The van der Waals surface area contributed by atoms with Crippen molar-refractivity contribution in [3.63, 3.8) is 0 Å². The van der Waals surface area contributed by atoms with Crippen molar-refractivity contribution in [2.45, 2.75) is 32.9 Å². The minimum absolute atomic E-state index is 0.0825. The van der Waals surface area contributed by atoms with E-state index < -0.39 is 28.4 Å². The average molecular weight is 358 g/mol. The summed E-state index contributed by atoms with van der Waals surface area (Å²) < 4.78 is 37.1. The maximum Gasteiger partial charge on any atom is 0.422 e. The first-order chi connectivity index (χ1) is 11.1. The van der Waals surface area contributed by atoms with Gasteiger partial charge < -0.3 is 14.3 Å². The predicted octanol–water partition coefficient (Wildman–Crippen LogP) is 1.47. The van der Waals surface area contributed by atoms with Gasteiger partial charge in [0.2, 0.25) is 0 Å². The molecule has 0 atom stereocenters. The molecule has 1 aromatic carbocycles. The van der Waals surface area contributed by atoms with Crippen LogP contribution in [0, 0.1) is 0 Å². The molecule has 1 aromatic rings. The van der Waals surface area contributed by atoms with Gasteiger partial charge in [-0.2, -0.15) is 12.7 Å². The van der Waals surface area contributed by atoms with Crippen molar-refractivity contribution in [2.24, 2.45) is 0 Å². The number of amides is 1. The molecule has 0 fully saturated rings. The van der Waals surface area contributed by atoms with Crippen LogP contribution in [0.25, 0.3) is 0 Å². The highest BCUT2D eigenvalue weighted by Crippen LogP contribution is 2.14. The van der Waals surface area contributed by atoms with Crippen molar-refractivity contribution in [1.82, 2.24) is 9.03 Å². The minimum atomic E-state index is -4.22. The van der Waals surface area contributed by atoms with E-state index in [9.17, 15) is 18.0 Å². The first-order valence-corrected chi connectivity index (χ1v) is 8.59. The minimum Gasteiger partial charge on any atom is -0.497 e. The molecular weight excluding hydrogens is 336 g/mol. The van der Waals surface area contributed by atoms with Gasteiger partial charge in [0.05, 0.1) is 13.7 Å². The number of benzene rings is 1. The smallest absolute Gasteiger partial charge is 0.422 e. The van der Waals surface area contributed by atoms with E-state index in [-0.39, 0.29) is 6.54 Å². The molecule has 134 valence electrons. The SMILES string of the molecule is COc1ccc(CN(CC=O)S(=O)(=O)NC(=O)OC(C)(C)C)cc1. The second-order valence-electron chi connectivity index (χ2n) is 5.92. The van der Waals surface area contributed by atoms with E-state index in [0.29, 0.717) is 17.6 Å². The zero-order valence-corrected chi connectivity index (χ0v) is 14.9. The molecule has 1 N–H and O–H groups in total. The van der Waals surface area contributed by atoms with Crippen LogP contribution >= 0.6 is 0 Å². The summed E-state index contributed by atoms with van der Waals surface area (Å²) in [6.45, 7) is 4.35. The fraction of sp³-hybridized carbons (Fsp3) is 0.467. The Morgan fingerprint density at radius 1 is 1.25 bits per heavy atom. The summed E-state index contributed by atoms with van der Waals surface area (Å²) in [5.41, 5.74) is -0.211. The standard InChI is InChI=1S/C15H22N2O6S/c1-15(2,3)23-14(19)16-24(20,21)17(9-10-18)11-12-5-7-13(22-4)8-6-12/h5-8,10H,9,11H2,1-4H3,(H,16,19). The van der Waals surface area contributed by atoms with Crippen LogP contribution in [0.1, 0.15) is 26.3 Å². The van der Waals surface area contributed by atoms with Crippen LogP contribution < -0.4 is 9.46 Å². The van der Waals surface area contributed by atoms with Crippen LogP contribution in [0.3, 0.4) is 0 Å². The highest BCUT2D eigenvalue weighted by Gasteiger charge is 2.27. The van der Waals surface area contributed by atoms with E-state index in [1.807, 2.05) is 0 Å². The van der Waals surface area contributed by atoms with Gasteiger partial charge in [0.15, 0.2) is 0 Å². The molecule has 0 radical (unpaired) electrons. The molecule has 0 aliphatic rings. The summed E-state index contributed by atoms with van der Waals surface area (Å²) in [5.74, 6) is 0.621. The van der Waals surface area contributed by atoms with E-state index in [2.05, 4.69) is 0 Å². The lowest BCUT2D eigenvalue weighted by Crippen LogP contribution is -2.45. The van der Waals surface area contributed by atoms with E-state index in [1.165, 1.54) is 7.11 Å². The van der Waals surface area contributed by atoms with Crippen LogP contribution in [-0.2, 0) is 26.3 Å². The number of hydrogen-bond acceptors (Lipinski definition) is 6. The molecule has 1 rings (SSSR count). The number of carbonyl (C=O) groups excluding carboxylic acids is 2. The van der Waals surface area contributed by atoms with Crippen LogP contribution in [0.2, 0.25) is 0 Å². The largest absolute Gasteiger partial charge is 0.497 e. The Morgan fingerprint density at radius 3 is 2.29 bits per heavy atom. The first-order valence-electron chi connectivity index (χ1n) is 7.15. The average Bonchev–Trinajstić information content (AvgIpc) is 2.44. The van der Waals surface area contributed by atoms with Gasteiger partial charge in [-0.05, 0) is 38.5 Å². The molecule has 0 aromatic heterocycles. The summed E-state index contributed by atoms with van der Waals surface area (Å²) >= 11 is 0. The van der Waals surface area contributed by atoms with E-state index in [4.69, 9.17) is 9.47 Å². The first kappa shape index (κ1) is 19.9. The third-order valence-electron chi connectivity index (χ3n) is 2.75. The van der Waals surface area contributed by atoms with Crippen molar-refractivity contribution in [2.75, 3.05) is 13.7 Å². The predicted molar refractivity (Wildman–Crippen MR) is 87.8 cm³/mol. The van der Waals surface area contributed by atoms with Gasteiger partial charge in [0.1, 0.15) is 17.6 Å². The zero-order chi connectivity index (χ0) is 18.4. The van der Waals surface area contributed by atoms with Crippen LogP contribution in [-0.4, -0.2) is 44.4 Å². The summed E-state index contributed by atoms with van der Waals surface area (Å²) in [7, 11) is -2.71. The van der Waals surface area contributed by atoms with Gasteiger partial charge in [-0.1, -0.05) is 12.1 Å². The summed E-state index contributed by atoms with van der Waals surface area (Å²) in [4.78, 5) is 22.5. The molecule has 0 spiro atoms. The zero-order valence-electron chi connectivity index (χ0n) is 14.1. The number of rotatable bonds is 7. The topological polar surface area (TPSA) is 102 Å². The molecular formula is C15H22N2O6S. The van der Waals surface area contributed by atoms with Crippen molar-refractivity contribution in [1.29, 1.82) is 0 Å². The Bertz CT molecular complexity index is 664. The van der Waals surface area contributed by atoms with E-state index in [1.54, 1.807) is 49.8 Å². The molecule has 0 aliphatic carbocycles. The summed E-state index contributed by atoms with van der Waals surface area (Å²) in [6, 6.07) is 6.67. The molecule has 0 saturated carbocycles. The maximum absolute atomic E-state index is 12.3. The molecule has 0 unspecified atom stereocenters. The third kappa shape index (κ3) is 6.55. The Kier molecular flexibility index (Phi) is 6.73. The molecule has 0 aliphatic heterocycles. The van der Waals surface area contributed by atoms with Gasteiger partial charge in [-0.25, -0.2) is 9.52 Å². The Balaban J connectivity index is 2.87. The monoisotopic (exact) mass is 358 g/mol. The third-order valence-corrected chi connectivity index (χ3v) is 4.13. The second kappa shape index (κ2) is 8.11. The maximum atomic E-state index is 12.3. The van der Waals surface area contributed by atoms with E-state index >= 15 is 0 Å². The molecule has 0 bridgehead atoms. The normalized spacial score (nSPS) is 11.9. The summed E-state index contributed by atoms with van der Waals surface area (Å²) in [5, 5.41) is 0. The van der Waals surface area contributed by atoms with Gasteiger partial charge >= 0.3 is 16.3 Å². The van der Waals surface area contributed by atoms with Crippen LogP contribution in [0.15, 0.2) is 24.3 Å². The van der Waals surface area contributed by atoms with Gasteiger partial charge in [-0.3, -0.25) is 0 Å². The quantitative estimate of drug-likeness (QED) is 0.741. The Hall–Kier alpha value is -2.13. The van der Waals surface area contributed by atoms with E-state index in [0.717, 1.165) is 4.31 Å². The van der Waals surface area contributed by atoms with Gasteiger partial charge in [0.25, 0.3) is 0 Å². The lowest BCUT2D eigenvalue weighted by molar-refractivity contribution is -0.108. The number of ether oxygens (including phenoxy) is 2. The fourth-order valence-corrected chi connectivity index (χ4v) is 2.69. The van der Waals surface area contributed by atoms with Crippen LogP contribution in [0.5, 0.6) is 5.75 Å². The fourth-order valence-electron chi connectivity index (χ4n) is 1.73. The molecule has 1 amide bonds. The lowest BCUT2D eigenvalue weighted by Gasteiger charge is -2.23. The molecule has 24 heavy (non-hydrogen) atoms. The number of carbonyl (C=O) groups is 2. The number of hydrogen-bond donors (Lipinski definition) is 1. The van der Waals surface area contributed by atoms with Crippen molar-refractivity contribution < 1.29 is 27.5 Å². The van der Waals surface area contributed by atoms with Gasteiger partial charge in [-0.15, -0.1) is 0 Å². The number of nitrogens with one attached hydrogen (secondary N) is 1. The van der Waals surface area contributed by atoms with Crippen molar-refractivity contribution in [3.8, 4) is 5.75 Å². The van der Waals surface area contributed by atoms with Crippen LogP contribution in [0.4, 0.5) is 4.79 Å². The highest BCUT2D eigenvalue weighted by molar-refractivity contribution is 7.87. The number of nitrogens with zero attached hydrogens (tertiary/aromatic N) is 1. The highest BCUT2D eigenvalue weighted by atomic mass is 32.2. The molecule has 8 nitrogen and oxygen atoms in total. The van der Waals surface area contributed by atoms with Crippen molar-refractivity contribution in [3.05, 3.63) is 29.8 Å². The van der Waals surface area contributed by atoms with Crippen molar-refractivity contribution >= 4 is 22.6 Å². The molecule has 0 saturated heterocycles. The Morgan fingerprint density at radius 2 is 1.83 bits per heavy atom. The number of aldehydes is 1. The summed E-state index contributed by atoms with van der Waals surface area (Å²) in [6.07, 6.45) is -0.661. The molecule has 9 heteroatoms. The second-order valence-corrected chi connectivity index (χ2v) is 7.59. The Labute approximate surface area is 141 Å². The van der Waals surface area contributed by atoms with Gasteiger partial charge in [0, 0.05) is 6.54 Å².